The Labute approximate surface area is 307 Å². The molecule has 284 valence electrons. The zero-order valence-electron chi connectivity index (χ0n) is 30.3. The van der Waals surface area contributed by atoms with E-state index in [1.165, 1.54) is 17.4 Å². The highest BCUT2D eigenvalue weighted by Gasteiger charge is 2.36. The first-order chi connectivity index (χ1) is 25.0. The van der Waals surface area contributed by atoms with Crippen molar-refractivity contribution in [1.82, 2.24) is 20.5 Å². The second-order valence-corrected chi connectivity index (χ2v) is 14.4. The number of hydrogen-bond acceptors (Lipinski definition) is 11. The Hall–Kier alpha value is -3.89. The van der Waals surface area contributed by atoms with Crippen LogP contribution in [0.2, 0.25) is 0 Å². The summed E-state index contributed by atoms with van der Waals surface area (Å²) in [4.78, 5) is 34.4. The molecule has 0 spiro atoms. The largest absolute Gasteiger partial charge is 0.491 e. The quantitative estimate of drug-likeness (QED) is 0.196. The maximum atomic E-state index is 14.8. The molecule has 3 aromatic rings. The van der Waals surface area contributed by atoms with Crippen LogP contribution in [0.1, 0.15) is 31.9 Å². The molecule has 0 radical (unpaired) electrons. The average Bonchev–Trinajstić information content (AvgIpc) is 3.63. The first kappa shape index (κ1) is 39.3. The Balaban J connectivity index is 1.01. The third-order valence-electron chi connectivity index (χ3n) is 8.70. The van der Waals surface area contributed by atoms with Crippen molar-refractivity contribution in [2.75, 3.05) is 91.0 Å². The van der Waals surface area contributed by atoms with Crippen LogP contribution in [0.3, 0.4) is 0 Å². The fourth-order valence-corrected chi connectivity index (χ4v) is 6.80. The Morgan fingerprint density at radius 1 is 0.962 bits per heavy atom. The summed E-state index contributed by atoms with van der Waals surface area (Å²) >= 11 is 1.44. The number of nitrogens with one attached hydrogen (secondary N) is 2. The molecule has 52 heavy (non-hydrogen) atoms. The maximum Gasteiger partial charge on any atom is 0.246 e. The number of benzene rings is 2. The zero-order chi connectivity index (χ0) is 37.1. The van der Waals surface area contributed by atoms with E-state index in [4.69, 9.17) is 23.7 Å². The van der Waals surface area contributed by atoms with Crippen molar-refractivity contribution in [2.24, 2.45) is 5.41 Å². The summed E-state index contributed by atoms with van der Waals surface area (Å²) in [5.41, 5.74) is 2.62. The zero-order valence-corrected chi connectivity index (χ0v) is 31.1. The number of thiazole rings is 1. The van der Waals surface area contributed by atoms with E-state index in [2.05, 4.69) is 20.5 Å². The predicted octanol–water partition coefficient (Wildman–Crippen LogP) is 4.05. The van der Waals surface area contributed by atoms with E-state index in [-0.39, 0.29) is 43.9 Å². The van der Waals surface area contributed by atoms with Crippen LogP contribution in [0, 0.1) is 17.0 Å². The highest BCUT2D eigenvalue weighted by atomic mass is 32.1. The molecule has 1 aromatic heterocycles. The number of rotatable bonds is 17. The van der Waals surface area contributed by atoms with E-state index in [1.54, 1.807) is 11.9 Å². The number of likely N-dealkylation sites (N-methyl/N-ethyl adjacent to an activating group) is 1. The number of halogens is 2. The van der Waals surface area contributed by atoms with Crippen molar-refractivity contribution in [1.29, 1.82) is 0 Å². The molecule has 2 aromatic carbocycles. The first-order valence-corrected chi connectivity index (χ1v) is 18.5. The van der Waals surface area contributed by atoms with Gasteiger partial charge in [-0.15, -0.1) is 11.3 Å². The molecular formula is C37H49F2N5O7S. The number of nitrogens with zero attached hydrogens (tertiary/aromatic N) is 3. The summed E-state index contributed by atoms with van der Waals surface area (Å²) in [6.07, 6.45) is 0.719. The van der Waals surface area contributed by atoms with Crippen LogP contribution in [-0.4, -0.2) is 114 Å². The van der Waals surface area contributed by atoms with E-state index >= 15 is 0 Å². The van der Waals surface area contributed by atoms with Gasteiger partial charge in [0, 0.05) is 37.1 Å². The third-order valence-corrected chi connectivity index (χ3v) is 9.60. The lowest BCUT2D eigenvalue weighted by molar-refractivity contribution is -0.140. The first-order valence-electron chi connectivity index (χ1n) is 17.6. The number of carbonyl (C=O) groups excluding carboxylic acids is 2. The Kier molecular flexibility index (Phi) is 14.2. The summed E-state index contributed by atoms with van der Waals surface area (Å²) < 4.78 is 57.1. The molecule has 0 bridgehead atoms. The third kappa shape index (κ3) is 10.6. The van der Waals surface area contributed by atoms with Gasteiger partial charge in [-0.25, -0.2) is 9.37 Å². The molecule has 1 atom stereocenters. The summed E-state index contributed by atoms with van der Waals surface area (Å²) in [6.45, 7) is 11.1. The summed E-state index contributed by atoms with van der Waals surface area (Å²) in [5, 5.41) is 8.33. The highest BCUT2D eigenvalue weighted by Crippen LogP contribution is 2.36. The number of fused-ring (bicyclic) bond motifs is 1. The normalized spacial score (nSPS) is 15.3. The molecule has 1 unspecified atom stereocenters. The van der Waals surface area contributed by atoms with Gasteiger partial charge in [-0.3, -0.25) is 9.59 Å². The van der Waals surface area contributed by atoms with Crippen LogP contribution in [0.5, 0.6) is 11.5 Å². The topological polar surface area (TPSA) is 124 Å². The van der Waals surface area contributed by atoms with E-state index < -0.39 is 23.1 Å². The van der Waals surface area contributed by atoms with Crippen LogP contribution in [0.4, 0.5) is 13.9 Å². The van der Waals surface area contributed by atoms with Gasteiger partial charge in [0.1, 0.15) is 25.0 Å². The van der Waals surface area contributed by atoms with Gasteiger partial charge >= 0.3 is 0 Å². The molecule has 0 saturated carbocycles. The van der Waals surface area contributed by atoms with E-state index in [0.717, 1.165) is 41.8 Å². The number of morpholine rings is 1. The molecule has 2 N–H and O–H groups in total. The van der Waals surface area contributed by atoms with Gasteiger partial charge in [-0.05, 0) is 54.3 Å². The van der Waals surface area contributed by atoms with Crippen LogP contribution in [0.25, 0.3) is 11.3 Å². The molecule has 0 aliphatic carbocycles. The number of aromatic nitrogens is 1. The number of hydrogen-bond donors (Lipinski definition) is 2. The van der Waals surface area contributed by atoms with Gasteiger partial charge in [0.05, 0.1) is 51.9 Å². The van der Waals surface area contributed by atoms with Gasteiger partial charge in [0.2, 0.25) is 17.6 Å². The lowest BCUT2D eigenvalue weighted by atomic mass is 9.85. The molecule has 12 nitrogen and oxygen atoms in total. The number of ether oxygens (including phenoxy) is 5. The second kappa shape index (κ2) is 18.7. The Morgan fingerprint density at radius 2 is 1.67 bits per heavy atom. The molecule has 5 rings (SSSR count). The minimum atomic E-state index is -1.06. The van der Waals surface area contributed by atoms with Gasteiger partial charge < -0.3 is 44.1 Å². The molecular weight excluding hydrogens is 696 g/mol. The number of amides is 2. The summed E-state index contributed by atoms with van der Waals surface area (Å²) in [6, 6.07) is 7.80. The summed E-state index contributed by atoms with van der Waals surface area (Å²) in [5.74, 6) is -1.89. The van der Waals surface area contributed by atoms with Gasteiger partial charge in [0.25, 0.3) is 0 Å². The van der Waals surface area contributed by atoms with Crippen LogP contribution < -0.4 is 25.0 Å². The van der Waals surface area contributed by atoms with Crippen molar-refractivity contribution >= 4 is 28.3 Å². The molecule has 2 amide bonds. The highest BCUT2D eigenvalue weighted by molar-refractivity contribution is 7.14. The number of carbonyl (C=O) groups is 2. The van der Waals surface area contributed by atoms with Crippen molar-refractivity contribution in [2.45, 2.75) is 39.8 Å². The van der Waals surface area contributed by atoms with Gasteiger partial charge in [0.15, 0.2) is 16.7 Å². The molecule has 1 fully saturated rings. The molecule has 1 saturated heterocycles. The maximum absolute atomic E-state index is 14.8. The van der Waals surface area contributed by atoms with Gasteiger partial charge in [-0.1, -0.05) is 26.8 Å². The minimum Gasteiger partial charge on any atom is -0.491 e. The molecule has 3 heterocycles. The Bertz CT molecular complexity index is 1650. The van der Waals surface area contributed by atoms with E-state index in [1.807, 2.05) is 44.4 Å². The molecule has 2 aliphatic heterocycles. The predicted molar refractivity (Wildman–Crippen MR) is 194 cm³/mol. The van der Waals surface area contributed by atoms with Crippen molar-refractivity contribution < 1.29 is 42.1 Å². The average molecular weight is 746 g/mol. The number of anilines is 1. The van der Waals surface area contributed by atoms with Crippen LogP contribution in [0.15, 0.2) is 35.7 Å². The molecule has 15 heteroatoms. The van der Waals surface area contributed by atoms with Crippen LogP contribution >= 0.6 is 11.3 Å². The van der Waals surface area contributed by atoms with Crippen molar-refractivity contribution in [3.63, 3.8) is 0 Å². The Morgan fingerprint density at radius 3 is 2.38 bits per heavy atom. The second-order valence-electron chi connectivity index (χ2n) is 13.6. The van der Waals surface area contributed by atoms with Crippen molar-refractivity contribution in [3.8, 4) is 22.8 Å². The monoisotopic (exact) mass is 745 g/mol. The van der Waals surface area contributed by atoms with Crippen LogP contribution in [-0.2, 0) is 36.8 Å². The lowest BCUT2D eigenvalue weighted by Crippen LogP contribution is -2.56. The van der Waals surface area contributed by atoms with Gasteiger partial charge in [-0.2, -0.15) is 4.39 Å². The SMILES string of the molecule is CNCC(=O)NC(C(=O)N1CCc2ccc(OCCOCCOCCOc3c(-c4csc(N5CCOCC5)n4)ccc(F)c3F)cc2C1)C(C)(C)C. The minimum absolute atomic E-state index is 0.0140. The van der Waals surface area contributed by atoms with E-state index in [0.29, 0.717) is 63.1 Å². The summed E-state index contributed by atoms with van der Waals surface area (Å²) in [7, 11) is 1.69. The fraction of sp³-hybridized carbons (Fsp3) is 0.541. The van der Waals surface area contributed by atoms with Crippen molar-refractivity contribution in [3.05, 3.63) is 58.5 Å². The fourth-order valence-electron chi connectivity index (χ4n) is 5.92. The standard InChI is InChI=1S/C37H49F2N5O7S/c1-37(2,3)34(42-31(45)22-40-4)35(46)44-10-9-25-5-6-27(21-26(25)23-44)50-19-17-48-15-16-49-18-20-51-33-28(7-8-29(38)32(33)39)30-24-52-36(41-30)43-11-13-47-14-12-43/h5-8,21,24,34,40H,9-20,22-23H2,1-4H3,(H,42,45). The molecule has 2 aliphatic rings. The lowest BCUT2D eigenvalue weighted by Gasteiger charge is -2.37. The smallest absolute Gasteiger partial charge is 0.246 e. The van der Waals surface area contributed by atoms with E-state index in [9.17, 15) is 18.4 Å².